The van der Waals surface area contributed by atoms with E-state index in [0.717, 1.165) is 12.0 Å². The van der Waals surface area contributed by atoms with Crippen LogP contribution < -0.4 is 11.1 Å². The monoisotopic (exact) mass is 444 g/mol. The minimum Gasteiger partial charge on any atom is -0.460 e. The molecule has 0 radical (unpaired) electrons. The molecule has 0 bridgehead atoms. The Hall–Kier alpha value is -2.14. The first kappa shape index (κ1) is 27.9. The van der Waals surface area contributed by atoms with Crippen molar-refractivity contribution in [3.05, 3.63) is 46.6 Å². The van der Waals surface area contributed by atoms with Gasteiger partial charge in [-0.25, -0.2) is 4.79 Å². The molecular weight excluding hydrogens is 400 g/mol. The van der Waals surface area contributed by atoms with Gasteiger partial charge >= 0.3 is 5.97 Å². The molecule has 3 N–H and O–H groups in total. The molecule has 1 rings (SSSR count). The third-order valence-electron chi connectivity index (χ3n) is 6.44. The molecule has 0 spiro atoms. The van der Waals surface area contributed by atoms with E-state index in [1.54, 1.807) is 25.0 Å². The fraction of sp³-hybridized carbons (Fsp3) is 0.630. The van der Waals surface area contributed by atoms with Crippen molar-refractivity contribution in [3.63, 3.8) is 0 Å². The number of hydrogen-bond acceptors (Lipinski definition) is 4. The Morgan fingerprint density at radius 1 is 1.19 bits per heavy atom. The quantitative estimate of drug-likeness (QED) is 0.269. The lowest BCUT2D eigenvalue weighted by Gasteiger charge is -2.34. The Bertz CT molecular complexity index is 785. The molecule has 5 nitrogen and oxygen atoms in total. The van der Waals surface area contributed by atoms with E-state index in [2.05, 4.69) is 58.2 Å². The molecule has 0 saturated carbocycles. The topological polar surface area (TPSA) is 81.4 Å². The van der Waals surface area contributed by atoms with E-state index in [4.69, 9.17) is 10.5 Å². The van der Waals surface area contributed by atoms with Crippen molar-refractivity contribution in [2.45, 2.75) is 93.2 Å². The fourth-order valence-electron chi connectivity index (χ4n) is 3.87. The molecule has 0 aromatic carbocycles. The molecule has 32 heavy (non-hydrogen) atoms. The maximum Gasteiger partial charge on any atom is 0.328 e. The second-order valence-electron chi connectivity index (χ2n) is 9.89. The maximum absolute atomic E-state index is 12.0. The number of ether oxygens (including phenoxy) is 1. The van der Waals surface area contributed by atoms with Crippen LogP contribution >= 0.6 is 0 Å². The van der Waals surface area contributed by atoms with Gasteiger partial charge in [0.2, 0.25) is 5.91 Å². The van der Waals surface area contributed by atoms with Crippen LogP contribution in [0.2, 0.25) is 0 Å². The van der Waals surface area contributed by atoms with Gasteiger partial charge in [-0.1, -0.05) is 61.3 Å². The van der Waals surface area contributed by atoms with Gasteiger partial charge in [0.1, 0.15) is 12.6 Å². The molecule has 0 aromatic heterocycles. The number of hydrogen-bond donors (Lipinski definition) is 2. The smallest absolute Gasteiger partial charge is 0.328 e. The van der Waals surface area contributed by atoms with Gasteiger partial charge in [-0.05, 0) is 77.7 Å². The number of carbonyl (C=O) groups is 2. The molecule has 1 amide bonds. The summed E-state index contributed by atoms with van der Waals surface area (Å²) in [5, 5.41) is 2.53. The summed E-state index contributed by atoms with van der Waals surface area (Å²) in [6.45, 7) is 16.7. The average molecular weight is 445 g/mol. The summed E-state index contributed by atoms with van der Waals surface area (Å²) in [5.41, 5.74) is 11.3. The number of nitrogens with two attached hydrogens (primary N) is 1. The number of allylic oxidation sites excluding steroid dienone is 7. The van der Waals surface area contributed by atoms with E-state index in [9.17, 15) is 9.59 Å². The summed E-state index contributed by atoms with van der Waals surface area (Å²) >= 11 is 0. The van der Waals surface area contributed by atoms with Crippen molar-refractivity contribution >= 4 is 11.9 Å². The highest BCUT2D eigenvalue weighted by atomic mass is 16.5. The maximum atomic E-state index is 12.0. The molecule has 1 aliphatic carbocycles. The van der Waals surface area contributed by atoms with E-state index in [0.29, 0.717) is 11.3 Å². The molecule has 0 fully saturated rings. The number of esters is 1. The Kier molecular flexibility index (Phi) is 11.1. The van der Waals surface area contributed by atoms with E-state index >= 15 is 0 Å². The first-order chi connectivity index (χ1) is 14.8. The predicted octanol–water partition coefficient (Wildman–Crippen LogP) is 5.38. The number of nitrogens with one attached hydrogen (secondary N) is 1. The summed E-state index contributed by atoms with van der Waals surface area (Å²) in [5.74, 6) is -0.517. The van der Waals surface area contributed by atoms with Crippen molar-refractivity contribution in [1.29, 1.82) is 0 Å². The first-order valence-electron chi connectivity index (χ1n) is 11.8. The summed E-state index contributed by atoms with van der Waals surface area (Å²) in [4.78, 5) is 23.5. The van der Waals surface area contributed by atoms with Crippen molar-refractivity contribution in [2.24, 2.45) is 17.1 Å². The Balaban J connectivity index is 2.56. The zero-order valence-corrected chi connectivity index (χ0v) is 21.4. The minimum absolute atomic E-state index is 0.166. The van der Waals surface area contributed by atoms with Gasteiger partial charge < -0.3 is 15.8 Å². The van der Waals surface area contributed by atoms with Gasteiger partial charge in [0, 0.05) is 0 Å². The van der Waals surface area contributed by atoms with Crippen LogP contribution in [0, 0.1) is 11.3 Å². The molecule has 0 heterocycles. The number of carbonyl (C=O) groups excluding carboxylic acids is 2. The SMILES string of the molecule is CC1=C(C/C=C(\C)C(C)/C=C/C(C)=C/COC(=O)[C@H](C)NC(=O)[C@H](C)N)C(C)(C)CCC1. The average Bonchev–Trinajstić information content (AvgIpc) is 2.70. The van der Waals surface area contributed by atoms with Gasteiger partial charge in [-0.15, -0.1) is 0 Å². The Morgan fingerprint density at radius 3 is 2.44 bits per heavy atom. The molecule has 1 aliphatic rings. The summed E-state index contributed by atoms with van der Waals surface area (Å²) in [7, 11) is 0. The standard InChI is InChI=1S/C27H44N2O3/c1-18(15-17-32-26(31)23(6)29-25(30)22(5)28)11-12-19(2)20(3)13-14-24-21(4)10-9-16-27(24,7)8/h11-13,15,19,22-23H,9-10,14,16-17,28H2,1-8H3,(H,29,30)/b12-11+,18-15+,20-13+/t19?,22-,23-/m0/s1. The van der Waals surface area contributed by atoms with E-state index in [1.807, 2.05) is 13.0 Å². The van der Waals surface area contributed by atoms with E-state index in [-0.39, 0.29) is 12.5 Å². The summed E-state index contributed by atoms with van der Waals surface area (Å²) < 4.78 is 5.22. The van der Waals surface area contributed by atoms with Crippen molar-refractivity contribution < 1.29 is 14.3 Å². The van der Waals surface area contributed by atoms with Crippen molar-refractivity contribution in [3.8, 4) is 0 Å². The van der Waals surface area contributed by atoms with Crippen LogP contribution in [0.25, 0.3) is 0 Å². The van der Waals surface area contributed by atoms with Gasteiger partial charge in [0.25, 0.3) is 0 Å². The third-order valence-corrected chi connectivity index (χ3v) is 6.44. The summed E-state index contributed by atoms with van der Waals surface area (Å²) in [6.07, 6.45) is 13.3. The molecule has 0 aliphatic heterocycles. The predicted molar refractivity (Wildman–Crippen MR) is 133 cm³/mol. The van der Waals surface area contributed by atoms with Gasteiger partial charge in [-0.2, -0.15) is 0 Å². The second kappa shape index (κ2) is 12.8. The Labute approximate surface area is 195 Å². The number of rotatable bonds is 10. The number of amides is 1. The minimum atomic E-state index is -0.724. The molecule has 0 aromatic rings. The van der Waals surface area contributed by atoms with Gasteiger partial charge in [0.15, 0.2) is 0 Å². The van der Waals surface area contributed by atoms with Crippen LogP contribution in [0.4, 0.5) is 0 Å². The first-order valence-corrected chi connectivity index (χ1v) is 11.8. The molecule has 5 heteroatoms. The highest BCUT2D eigenvalue weighted by Gasteiger charge is 2.27. The van der Waals surface area contributed by atoms with E-state index in [1.165, 1.54) is 24.8 Å². The lowest BCUT2D eigenvalue weighted by atomic mass is 9.71. The third kappa shape index (κ3) is 9.15. The highest BCUT2D eigenvalue weighted by Crippen LogP contribution is 2.42. The molecule has 1 unspecified atom stereocenters. The lowest BCUT2D eigenvalue weighted by Crippen LogP contribution is -2.46. The fourth-order valence-corrected chi connectivity index (χ4v) is 3.87. The van der Waals surface area contributed by atoms with Crippen molar-refractivity contribution in [1.82, 2.24) is 5.32 Å². The van der Waals surface area contributed by atoms with Crippen LogP contribution in [-0.4, -0.2) is 30.6 Å². The second-order valence-corrected chi connectivity index (χ2v) is 9.89. The molecular formula is C27H44N2O3. The summed E-state index contributed by atoms with van der Waals surface area (Å²) in [6, 6.07) is -1.38. The molecule has 3 atom stereocenters. The van der Waals surface area contributed by atoms with Gasteiger partial charge in [0.05, 0.1) is 6.04 Å². The Morgan fingerprint density at radius 2 is 1.84 bits per heavy atom. The largest absolute Gasteiger partial charge is 0.460 e. The van der Waals surface area contributed by atoms with E-state index < -0.39 is 18.1 Å². The molecule has 0 saturated heterocycles. The lowest BCUT2D eigenvalue weighted by molar-refractivity contribution is -0.146. The normalized spacial score (nSPS) is 20.2. The zero-order chi connectivity index (χ0) is 24.5. The van der Waals surface area contributed by atoms with Gasteiger partial charge in [-0.3, -0.25) is 4.79 Å². The van der Waals surface area contributed by atoms with Crippen LogP contribution in [0.1, 0.15) is 81.1 Å². The van der Waals surface area contributed by atoms with Crippen LogP contribution in [-0.2, 0) is 14.3 Å². The van der Waals surface area contributed by atoms with Crippen LogP contribution in [0.3, 0.4) is 0 Å². The zero-order valence-electron chi connectivity index (χ0n) is 21.4. The molecule has 180 valence electrons. The van der Waals surface area contributed by atoms with Crippen LogP contribution in [0.15, 0.2) is 46.6 Å². The van der Waals surface area contributed by atoms with Crippen LogP contribution in [0.5, 0.6) is 0 Å². The van der Waals surface area contributed by atoms with Crippen molar-refractivity contribution in [2.75, 3.05) is 6.61 Å². The highest BCUT2D eigenvalue weighted by molar-refractivity contribution is 5.86.